The number of rotatable bonds is 6. The number of hydrogen-bond acceptors (Lipinski definition) is 6. The van der Waals surface area contributed by atoms with Crippen molar-refractivity contribution in [3.8, 4) is 17.2 Å². The molecule has 148 valence electrons. The lowest BCUT2D eigenvalue weighted by atomic mass is 10.2. The Morgan fingerprint density at radius 3 is 2.46 bits per heavy atom. The fourth-order valence-electron chi connectivity index (χ4n) is 2.31. The third-order valence-electron chi connectivity index (χ3n) is 3.58. The number of amides is 1. The van der Waals surface area contributed by atoms with Crippen molar-refractivity contribution >= 4 is 11.9 Å². The van der Waals surface area contributed by atoms with Gasteiger partial charge in [-0.25, -0.2) is 4.79 Å². The van der Waals surface area contributed by atoms with Crippen molar-refractivity contribution in [2.45, 2.75) is 12.9 Å². The first-order valence-corrected chi connectivity index (χ1v) is 7.98. The van der Waals surface area contributed by atoms with Crippen LogP contribution in [-0.4, -0.2) is 31.6 Å². The van der Waals surface area contributed by atoms with Gasteiger partial charge in [0.25, 0.3) is 5.91 Å². The van der Waals surface area contributed by atoms with E-state index in [4.69, 9.17) is 14.2 Å². The van der Waals surface area contributed by atoms with Crippen LogP contribution in [0.1, 0.15) is 15.9 Å². The number of nitrogens with one attached hydrogen (secondary N) is 1. The van der Waals surface area contributed by atoms with Crippen LogP contribution in [0.4, 0.5) is 13.2 Å². The molecule has 1 N–H and O–H groups in total. The Hall–Kier alpha value is -3.43. The molecule has 0 unspecified atom stereocenters. The average Bonchev–Trinajstić information content (AvgIpc) is 3.11. The number of fused-ring (bicyclic) bond motifs is 1. The molecule has 0 fully saturated rings. The number of alkyl halides is 3. The number of halogens is 3. The van der Waals surface area contributed by atoms with Crippen molar-refractivity contribution < 1.29 is 41.7 Å². The van der Waals surface area contributed by atoms with Crippen molar-refractivity contribution in [3.63, 3.8) is 0 Å². The monoisotopic (exact) mass is 397 g/mol. The molecule has 0 radical (unpaired) electrons. The quantitative estimate of drug-likeness (QED) is 0.755. The van der Waals surface area contributed by atoms with Gasteiger partial charge in [-0.2, -0.15) is 0 Å². The first kappa shape index (κ1) is 19.3. The van der Waals surface area contributed by atoms with Gasteiger partial charge in [-0.1, -0.05) is 6.07 Å². The van der Waals surface area contributed by atoms with Crippen LogP contribution in [0, 0.1) is 0 Å². The van der Waals surface area contributed by atoms with Crippen LogP contribution in [-0.2, 0) is 16.1 Å². The van der Waals surface area contributed by atoms with E-state index in [1.165, 1.54) is 0 Å². The summed E-state index contributed by atoms with van der Waals surface area (Å²) < 4.78 is 55.3. The molecule has 1 amide bonds. The lowest BCUT2D eigenvalue weighted by Gasteiger charge is -2.09. The summed E-state index contributed by atoms with van der Waals surface area (Å²) in [5.41, 5.74) is 0.752. The molecule has 2 aromatic rings. The van der Waals surface area contributed by atoms with Crippen LogP contribution in [0.5, 0.6) is 17.2 Å². The van der Waals surface area contributed by atoms with E-state index in [-0.39, 0.29) is 18.9 Å². The van der Waals surface area contributed by atoms with Gasteiger partial charge in [-0.05, 0) is 42.0 Å². The molecule has 1 heterocycles. The number of carbonyl (C=O) groups excluding carboxylic acids is 2. The van der Waals surface area contributed by atoms with E-state index in [1.807, 2.05) is 0 Å². The van der Waals surface area contributed by atoms with Gasteiger partial charge >= 0.3 is 12.3 Å². The van der Waals surface area contributed by atoms with Crippen LogP contribution in [0.25, 0.3) is 0 Å². The van der Waals surface area contributed by atoms with Gasteiger partial charge in [0.05, 0.1) is 5.56 Å². The van der Waals surface area contributed by atoms with E-state index >= 15 is 0 Å². The van der Waals surface area contributed by atoms with Gasteiger partial charge in [0.2, 0.25) is 6.79 Å². The fourth-order valence-corrected chi connectivity index (χ4v) is 2.31. The molecule has 1 aliphatic rings. The minimum Gasteiger partial charge on any atom is -0.454 e. The van der Waals surface area contributed by atoms with E-state index in [0.717, 1.165) is 29.8 Å². The Morgan fingerprint density at radius 2 is 1.75 bits per heavy atom. The minimum atomic E-state index is -4.82. The summed E-state index contributed by atoms with van der Waals surface area (Å²) in [4.78, 5) is 23.7. The Bertz CT molecular complexity index is 867. The Morgan fingerprint density at radius 1 is 1.04 bits per heavy atom. The maximum absolute atomic E-state index is 12.1. The highest BCUT2D eigenvalue weighted by atomic mass is 19.4. The molecule has 7 nitrogen and oxygen atoms in total. The smallest absolute Gasteiger partial charge is 0.454 e. The summed E-state index contributed by atoms with van der Waals surface area (Å²) in [6, 6.07) is 9.36. The van der Waals surface area contributed by atoms with Gasteiger partial charge in [0.1, 0.15) is 5.75 Å². The zero-order valence-electron chi connectivity index (χ0n) is 14.2. The first-order chi connectivity index (χ1) is 13.3. The van der Waals surface area contributed by atoms with Crippen molar-refractivity contribution in [1.82, 2.24) is 5.32 Å². The molecule has 2 aromatic carbocycles. The summed E-state index contributed by atoms with van der Waals surface area (Å²) in [7, 11) is 0. The molecule has 0 spiro atoms. The number of carbonyl (C=O) groups is 2. The van der Waals surface area contributed by atoms with Crippen molar-refractivity contribution in [1.29, 1.82) is 0 Å². The molecule has 0 aliphatic carbocycles. The molecule has 3 rings (SSSR count). The van der Waals surface area contributed by atoms with Crippen LogP contribution in [0.15, 0.2) is 42.5 Å². The maximum atomic E-state index is 12.1. The second-order valence-corrected chi connectivity index (χ2v) is 5.61. The van der Waals surface area contributed by atoms with Crippen LogP contribution >= 0.6 is 0 Å². The zero-order chi connectivity index (χ0) is 20.1. The molecule has 0 bridgehead atoms. The lowest BCUT2D eigenvalue weighted by molar-refractivity contribution is -0.274. The SMILES string of the molecule is O=C(COC(=O)c1ccc(OC(F)(F)F)cc1)NCc1ccc2c(c1)OCO2. The van der Waals surface area contributed by atoms with E-state index in [0.29, 0.717) is 11.5 Å². The van der Waals surface area contributed by atoms with Crippen molar-refractivity contribution in [2.24, 2.45) is 0 Å². The average molecular weight is 397 g/mol. The largest absolute Gasteiger partial charge is 0.573 e. The predicted octanol–water partition coefficient (Wildman–Crippen LogP) is 2.79. The molecule has 0 atom stereocenters. The van der Waals surface area contributed by atoms with Crippen LogP contribution < -0.4 is 19.5 Å². The third-order valence-corrected chi connectivity index (χ3v) is 3.58. The Kier molecular flexibility index (Phi) is 5.57. The van der Waals surface area contributed by atoms with Gasteiger partial charge < -0.3 is 24.3 Å². The molecular formula is C18H14F3NO6. The zero-order valence-corrected chi connectivity index (χ0v) is 14.2. The first-order valence-electron chi connectivity index (χ1n) is 7.98. The Labute approximate surface area is 156 Å². The van der Waals surface area contributed by atoms with Crippen LogP contribution in [0.3, 0.4) is 0 Å². The molecule has 0 saturated heterocycles. The molecule has 10 heteroatoms. The highest BCUT2D eigenvalue weighted by molar-refractivity contribution is 5.91. The number of benzene rings is 2. The number of esters is 1. The topological polar surface area (TPSA) is 83.1 Å². The highest BCUT2D eigenvalue weighted by Crippen LogP contribution is 2.32. The molecule has 0 aromatic heterocycles. The van der Waals surface area contributed by atoms with Gasteiger partial charge in [-0.3, -0.25) is 4.79 Å². The van der Waals surface area contributed by atoms with Crippen molar-refractivity contribution in [2.75, 3.05) is 13.4 Å². The van der Waals surface area contributed by atoms with Crippen LogP contribution in [0.2, 0.25) is 0 Å². The molecule has 0 saturated carbocycles. The summed E-state index contributed by atoms with van der Waals surface area (Å²) in [5, 5.41) is 2.57. The summed E-state index contributed by atoms with van der Waals surface area (Å²) in [6.45, 7) is -0.203. The normalized spacial score (nSPS) is 12.4. The molecular weight excluding hydrogens is 383 g/mol. The second kappa shape index (κ2) is 8.07. The molecule has 28 heavy (non-hydrogen) atoms. The predicted molar refractivity (Wildman–Crippen MR) is 87.8 cm³/mol. The fraction of sp³-hybridized carbons (Fsp3) is 0.222. The van der Waals surface area contributed by atoms with Gasteiger partial charge in [0, 0.05) is 6.54 Å². The van der Waals surface area contributed by atoms with E-state index in [1.54, 1.807) is 18.2 Å². The van der Waals surface area contributed by atoms with Gasteiger partial charge in [-0.15, -0.1) is 13.2 Å². The van der Waals surface area contributed by atoms with E-state index < -0.39 is 30.6 Å². The summed E-state index contributed by atoms with van der Waals surface area (Å²) >= 11 is 0. The minimum absolute atomic E-state index is 0.0157. The van der Waals surface area contributed by atoms with Gasteiger partial charge in [0.15, 0.2) is 18.1 Å². The number of ether oxygens (including phenoxy) is 4. The summed E-state index contributed by atoms with van der Waals surface area (Å²) in [5.74, 6) is -0.655. The third kappa shape index (κ3) is 5.29. The second-order valence-electron chi connectivity index (χ2n) is 5.61. The summed E-state index contributed by atoms with van der Waals surface area (Å²) in [6.07, 6.45) is -4.82. The maximum Gasteiger partial charge on any atom is 0.573 e. The number of hydrogen-bond donors (Lipinski definition) is 1. The Balaban J connectivity index is 1.44. The van der Waals surface area contributed by atoms with E-state index in [2.05, 4.69) is 10.1 Å². The standard InChI is InChI=1S/C18H14F3NO6/c19-18(20,21)28-13-4-2-12(3-5-13)17(24)25-9-16(23)22-8-11-1-6-14-15(7-11)27-10-26-14/h1-7H,8-10H2,(H,22,23). The highest BCUT2D eigenvalue weighted by Gasteiger charge is 2.31. The van der Waals surface area contributed by atoms with E-state index in [9.17, 15) is 22.8 Å². The lowest BCUT2D eigenvalue weighted by Crippen LogP contribution is -2.28. The molecule has 1 aliphatic heterocycles. The van der Waals surface area contributed by atoms with Crippen molar-refractivity contribution in [3.05, 3.63) is 53.6 Å².